The Kier molecular flexibility index (Phi) is 4.30. The second kappa shape index (κ2) is 6.15. The van der Waals surface area contributed by atoms with Gasteiger partial charge in [0.05, 0.1) is 24.6 Å². The molecule has 1 amide bonds. The Balaban J connectivity index is 1.97. The van der Waals surface area contributed by atoms with Gasteiger partial charge in [0.15, 0.2) is 5.65 Å². The summed E-state index contributed by atoms with van der Waals surface area (Å²) in [5, 5.41) is 9.18. The monoisotopic (exact) mass is 276 g/mol. The number of carbonyl (C=O) groups is 1. The van der Waals surface area contributed by atoms with Crippen LogP contribution in [0.1, 0.15) is 6.42 Å². The number of nitriles is 1. The third-order valence-corrected chi connectivity index (χ3v) is 3.48. The predicted octanol–water partition coefficient (Wildman–Crippen LogP) is 0.817. The fourth-order valence-corrected chi connectivity index (χ4v) is 2.33. The molecule has 0 atom stereocenters. The van der Waals surface area contributed by atoms with E-state index in [0.29, 0.717) is 23.6 Å². The van der Waals surface area contributed by atoms with Gasteiger partial charge in [-0.3, -0.25) is 4.79 Å². The zero-order valence-corrected chi connectivity index (χ0v) is 11.1. The van der Waals surface area contributed by atoms with Crippen LogP contribution in [0.4, 0.5) is 0 Å². The number of H-pyrrole nitrogens is 1. The summed E-state index contributed by atoms with van der Waals surface area (Å²) in [5.74, 6) is 0.235. The Labute approximate surface area is 114 Å². The summed E-state index contributed by atoms with van der Waals surface area (Å²) in [6, 6.07) is 2.01. The molecule has 0 unspecified atom stereocenters. The van der Waals surface area contributed by atoms with Crippen LogP contribution in [0.3, 0.4) is 0 Å². The molecule has 1 N–H and O–H groups in total. The van der Waals surface area contributed by atoms with E-state index in [1.165, 1.54) is 18.1 Å². The number of hydrogen-bond donors (Lipinski definition) is 1. The quantitative estimate of drug-likeness (QED) is 0.641. The third-order valence-electron chi connectivity index (χ3n) is 2.51. The molecule has 0 saturated carbocycles. The van der Waals surface area contributed by atoms with Gasteiger partial charge in [0.1, 0.15) is 16.9 Å². The van der Waals surface area contributed by atoms with Gasteiger partial charge in [-0.25, -0.2) is 15.0 Å². The summed E-state index contributed by atoms with van der Waals surface area (Å²) in [6.45, 7) is 0.444. The highest BCUT2D eigenvalue weighted by Crippen LogP contribution is 2.21. The lowest BCUT2D eigenvalue weighted by Gasteiger charge is -2.14. The van der Waals surface area contributed by atoms with Gasteiger partial charge in [-0.2, -0.15) is 5.26 Å². The van der Waals surface area contributed by atoms with Crippen molar-refractivity contribution in [1.82, 2.24) is 24.8 Å². The number of hydrogen-bond acceptors (Lipinski definition) is 6. The first kappa shape index (κ1) is 13.3. The van der Waals surface area contributed by atoms with E-state index >= 15 is 0 Å². The number of carbonyl (C=O) groups excluding carboxylic acids is 1. The molecule has 0 aliphatic carbocycles. The maximum Gasteiger partial charge on any atom is 0.232 e. The largest absolute Gasteiger partial charge is 0.344 e. The molecule has 0 aliphatic heterocycles. The number of aromatic nitrogens is 4. The van der Waals surface area contributed by atoms with Gasteiger partial charge in [-0.05, 0) is 0 Å². The van der Waals surface area contributed by atoms with Crippen molar-refractivity contribution in [3.8, 4) is 6.07 Å². The van der Waals surface area contributed by atoms with E-state index < -0.39 is 0 Å². The average Bonchev–Trinajstić information content (AvgIpc) is 2.90. The molecule has 98 valence electrons. The normalized spacial score (nSPS) is 10.3. The third kappa shape index (κ3) is 3.20. The molecule has 0 aliphatic rings. The molecule has 2 rings (SSSR count). The van der Waals surface area contributed by atoms with Crippen molar-refractivity contribution in [3.63, 3.8) is 0 Å². The number of nitrogens with zero attached hydrogens (tertiary/aromatic N) is 5. The lowest BCUT2D eigenvalue weighted by Crippen LogP contribution is -2.29. The van der Waals surface area contributed by atoms with Crippen LogP contribution in [0.25, 0.3) is 11.2 Å². The molecule has 0 spiro atoms. The van der Waals surface area contributed by atoms with Crippen LogP contribution < -0.4 is 0 Å². The van der Waals surface area contributed by atoms with Gasteiger partial charge >= 0.3 is 0 Å². The fraction of sp³-hybridized carbons (Fsp3) is 0.364. The minimum absolute atomic E-state index is 0.0356. The second-order valence-corrected chi connectivity index (χ2v) is 4.76. The number of fused-ring (bicyclic) bond motifs is 1. The number of rotatable bonds is 5. The molecule has 19 heavy (non-hydrogen) atoms. The van der Waals surface area contributed by atoms with E-state index in [-0.39, 0.29) is 11.7 Å². The maximum absolute atomic E-state index is 11.8. The Morgan fingerprint density at radius 2 is 2.37 bits per heavy atom. The lowest BCUT2D eigenvalue weighted by molar-refractivity contribution is -0.127. The number of nitrogens with one attached hydrogen (secondary N) is 1. The first-order valence-corrected chi connectivity index (χ1v) is 6.58. The van der Waals surface area contributed by atoms with Gasteiger partial charge in [0, 0.05) is 13.6 Å². The number of amides is 1. The molecule has 2 heterocycles. The molecule has 0 radical (unpaired) electrons. The van der Waals surface area contributed by atoms with Gasteiger partial charge in [0.25, 0.3) is 0 Å². The van der Waals surface area contributed by atoms with Gasteiger partial charge in [0.2, 0.25) is 5.91 Å². The van der Waals surface area contributed by atoms with Crippen molar-refractivity contribution < 1.29 is 4.79 Å². The van der Waals surface area contributed by atoms with E-state index in [1.54, 1.807) is 18.3 Å². The van der Waals surface area contributed by atoms with Gasteiger partial charge in [-0.1, -0.05) is 11.8 Å². The number of aromatic amines is 1. The minimum atomic E-state index is -0.0356. The summed E-state index contributed by atoms with van der Waals surface area (Å²) >= 11 is 1.33. The summed E-state index contributed by atoms with van der Waals surface area (Å²) in [4.78, 5) is 28.5. The van der Waals surface area contributed by atoms with Crippen LogP contribution in [0.5, 0.6) is 0 Å². The predicted molar refractivity (Wildman–Crippen MR) is 70.3 cm³/mol. The summed E-state index contributed by atoms with van der Waals surface area (Å²) < 4.78 is 0. The fourth-order valence-electron chi connectivity index (χ4n) is 1.44. The van der Waals surface area contributed by atoms with E-state index in [0.717, 1.165) is 5.52 Å². The molecule has 0 saturated heterocycles. The molecular weight excluding hydrogens is 264 g/mol. The molecular formula is C11H12N6OS. The van der Waals surface area contributed by atoms with Crippen LogP contribution >= 0.6 is 11.8 Å². The van der Waals surface area contributed by atoms with Crippen molar-refractivity contribution in [2.24, 2.45) is 0 Å². The molecule has 2 aromatic rings. The maximum atomic E-state index is 11.8. The van der Waals surface area contributed by atoms with Gasteiger partial charge < -0.3 is 9.88 Å². The Morgan fingerprint density at radius 1 is 1.53 bits per heavy atom. The first-order chi connectivity index (χ1) is 9.22. The smallest absolute Gasteiger partial charge is 0.232 e. The molecule has 0 aromatic carbocycles. The number of thioether (sulfide) groups is 1. The number of imidazole rings is 1. The van der Waals surface area contributed by atoms with Crippen molar-refractivity contribution in [2.45, 2.75) is 11.4 Å². The van der Waals surface area contributed by atoms with Crippen molar-refractivity contribution in [1.29, 1.82) is 5.26 Å². The van der Waals surface area contributed by atoms with Crippen LogP contribution in [0.2, 0.25) is 0 Å². The van der Waals surface area contributed by atoms with Crippen LogP contribution in [-0.2, 0) is 4.79 Å². The summed E-state index contributed by atoms with van der Waals surface area (Å²) in [6.07, 6.45) is 3.31. The minimum Gasteiger partial charge on any atom is -0.344 e. The van der Waals surface area contributed by atoms with Crippen LogP contribution in [0, 0.1) is 11.3 Å². The average molecular weight is 276 g/mol. The summed E-state index contributed by atoms with van der Waals surface area (Å²) in [7, 11) is 1.69. The van der Waals surface area contributed by atoms with E-state index in [9.17, 15) is 4.79 Å². The highest BCUT2D eigenvalue weighted by Gasteiger charge is 2.12. The Hall–Kier alpha value is -2.14. The molecule has 8 heteroatoms. The van der Waals surface area contributed by atoms with E-state index in [1.807, 2.05) is 6.07 Å². The van der Waals surface area contributed by atoms with E-state index in [4.69, 9.17) is 5.26 Å². The van der Waals surface area contributed by atoms with Crippen molar-refractivity contribution >= 4 is 28.8 Å². The summed E-state index contributed by atoms with van der Waals surface area (Å²) in [5.41, 5.74) is 1.32. The van der Waals surface area contributed by atoms with Crippen LogP contribution in [0.15, 0.2) is 17.7 Å². The topological polar surface area (TPSA) is 98.6 Å². The Bertz CT molecular complexity index is 619. The lowest BCUT2D eigenvalue weighted by atomic mass is 10.4. The zero-order chi connectivity index (χ0) is 13.7. The van der Waals surface area contributed by atoms with E-state index in [2.05, 4.69) is 19.9 Å². The Morgan fingerprint density at radius 3 is 3.16 bits per heavy atom. The molecule has 2 aromatic heterocycles. The highest BCUT2D eigenvalue weighted by molar-refractivity contribution is 8.00. The van der Waals surface area contributed by atoms with Crippen LogP contribution in [-0.4, -0.2) is 50.1 Å². The van der Waals surface area contributed by atoms with Crippen molar-refractivity contribution in [2.75, 3.05) is 19.3 Å². The highest BCUT2D eigenvalue weighted by atomic mass is 32.2. The molecule has 7 nitrogen and oxygen atoms in total. The van der Waals surface area contributed by atoms with Gasteiger partial charge in [-0.15, -0.1) is 0 Å². The first-order valence-electron chi connectivity index (χ1n) is 5.60. The SMILES string of the molecule is CN(CCC#N)C(=O)CSc1ncnc2nc[nH]c12. The van der Waals surface area contributed by atoms with Crippen molar-refractivity contribution in [3.05, 3.63) is 12.7 Å². The molecule has 0 bridgehead atoms. The standard InChI is InChI=1S/C11H12N6OS/c1-17(4-2-3-12)8(18)5-19-11-9-10(14-6-13-9)15-7-16-11/h6-7H,2,4-5H2,1H3,(H,13,14,15,16). The zero-order valence-electron chi connectivity index (χ0n) is 10.3. The molecule has 0 fully saturated rings. The second-order valence-electron chi connectivity index (χ2n) is 3.79.